The molecule has 0 saturated heterocycles. The summed E-state index contributed by atoms with van der Waals surface area (Å²) in [7, 11) is 0. The first-order valence-electron chi connectivity index (χ1n) is 17.0. The standard InChI is InChI=1S/C37H50N4O9/c38-17-3-20-39-18-1-2-19-40-21-16-28(29(42)10-4-25-5-11-30(43)33(46)22-25)41(36(49)14-8-26-6-12-31(44)34(47)23-26)37(50)15-9-27-7-13-32(45)35(48)24-27/h5-7,11-13,22-24,28,39-40,43-48H,1-4,8-10,14-21,38H2. The van der Waals surface area contributed by atoms with Gasteiger partial charge in [0.05, 0.1) is 6.04 Å². The van der Waals surface area contributed by atoms with Crippen LogP contribution in [0.5, 0.6) is 34.5 Å². The van der Waals surface area contributed by atoms with Crippen molar-refractivity contribution < 1.29 is 45.0 Å². The summed E-state index contributed by atoms with van der Waals surface area (Å²) < 4.78 is 0. The summed E-state index contributed by atoms with van der Waals surface area (Å²) in [6.07, 6.45) is 2.98. The van der Waals surface area contributed by atoms with E-state index < -0.39 is 17.9 Å². The van der Waals surface area contributed by atoms with Gasteiger partial charge >= 0.3 is 0 Å². The molecule has 1 atom stereocenters. The lowest BCUT2D eigenvalue weighted by Gasteiger charge is -2.30. The third-order valence-corrected chi connectivity index (χ3v) is 8.36. The number of nitrogens with zero attached hydrogens (tertiary/aromatic N) is 1. The maximum absolute atomic E-state index is 13.9. The van der Waals surface area contributed by atoms with Gasteiger partial charge in [0.25, 0.3) is 0 Å². The van der Waals surface area contributed by atoms with Crippen molar-refractivity contribution in [3.05, 3.63) is 71.3 Å². The van der Waals surface area contributed by atoms with E-state index in [0.717, 1.165) is 37.3 Å². The van der Waals surface area contributed by atoms with Crippen LogP contribution >= 0.6 is 0 Å². The summed E-state index contributed by atoms with van der Waals surface area (Å²) >= 11 is 0. The van der Waals surface area contributed by atoms with Crippen LogP contribution in [0.3, 0.4) is 0 Å². The first-order valence-corrected chi connectivity index (χ1v) is 17.0. The zero-order valence-corrected chi connectivity index (χ0v) is 28.3. The van der Waals surface area contributed by atoms with Crippen molar-refractivity contribution in [2.75, 3.05) is 32.7 Å². The van der Waals surface area contributed by atoms with Crippen molar-refractivity contribution in [3.8, 4) is 34.5 Å². The Kier molecular flexibility index (Phi) is 16.3. The highest BCUT2D eigenvalue weighted by molar-refractivity contribution is 6.01. The molecule has 50 heavy (non-hydrogen) atoms. The number of nitrogens with one attached hydrogen (secondary N) is 2. The van der Waals surface area contributed by atoms with Crippen LogP contribution in [-0.4, -0.2) is 91.9 Å². The van der Waals surface area contributed by atoms with Crippen LogP contribution in [0.2, 0.25) is 0 Å². The Labute approximate surface area is 292 Å². The number of hydrogen-bond donors (Lipinski definition) is 9. The minimum absolute atomic E-state index is 0.0436. The van der Waals surface area contributed by atoms with Crippen molar-refractivity contribution in [2.45, 2.75) is 70.3 Å². The number of phenolic OH excluding ortho intramolecular Hbond substituents is 6. The third kappa shape index (κ3) is 12.9. The van der Waals surface area contributed by atoms with Crippen LogP contribution in [-0.2, 0) is 33.6 Å². The minimum atomic E-state index is -1.10. The van der Waals surface area contributed by atoms with Crippen LogP contribution < -0.4 is 16.4 Å². The Morgan fingerprint density at radius 1 is 0.560 bits per heavy atom. The Balaban J connectivity index is 1.79. The third-order valence-electron chi connectivity index (χ3n) is 8.36. The molecule has 13 nitrogen and oxygen atoms in total. The summed E-state index contributed by atoms with van der Waals surface area (Å²) in [6.45, 7) is 3.37. The molecule has 3 aromatic carbocycles. The van der Waals surface area contributed by atoms with E-state index in [0.29, 0.717) is 36.3 Å². The number of aryl methyl sites for hydroxylation is 3. The number of aromatic hydroxyl groups is 6. The highest BCUT2D eigenvalue weighted by Crippen LogP contribution is 2.28. The van der Waals surface area contributed by atoms with Gasteiger partial charge in [-0.05, 0) is 131 Å². The number of carbonyl (C=O) groups excluding carboxylic acids is 3. The summed E-state index contributed by atoms with van der Waals surface area (Å²) in [5.74, 6) is -3.42. The molecule has 0 fully saturated rings. The number of unbranched alkanes of at least 4 members (excludes halogenated alkanes) is 1. The lowest BCUT2D eigenvalue weighted by atomic mass is 9.97. The topological polar surface area (TPSA) is 226 Å². The first-order chi connectivity index (χ1) is 24.0. The fraction of sp³-hybridized carbons (Fsp3) is 0.432. The predicted octanol–water partition coefficient (Wildman–Crippen LogP) is 3.11. The smallest absolute Gasteiger partial charge is 0.230 e. The molecule has 0 aliphatic rings. The quantitative estimate of drug-likeness (QED) is 0.0546. The second kappa shape index (κ2) is 20.6. The van der Waals surface area contributed by atoms with Gasteiger partial charge in [0, 0.05) is 19.3 Å². The van der Waals surface area contributed by atoms with E-state index in [1.54, 1.807) is 18.2 Å². The SMILES string of the molecule is NCCCNCCCCNCCC(C(=O)CCc1ccc(O)c(O)c1)N(C(=O)CCc1ccc(O)c(O)c1)C(=O)CCc1ccc(O)c(O)c1. The lowest BCUT2D eigenvalue weighted by Crippen LogP contribution is -2.50. The Hall–Kier alpha value is -4.85. The van der Waals surface area contributed by atoms with Crippen LogP contribution in [0, 0.1) is 0 Å². The van der Waals surface area contributed by atoms with Crippen molar-refractivity contribution in [2.24, 2.45) is 5.73 Å². The molecule has 0 aromatic heterocycles. The van der Waals surface area contributed by atoms with Crippen molar-refractivity contribution in [1.29, 1.82) is 0 Å². The van der Waals surface area contributed by atoms with E-state index in [4.69, 9.17) is 5.73 Å². The Morgan fingerprint density at radius 3 is 1.38 bits per heavy atom. The van der Waals surface area contributed by atoms with Gasteiger partial charge in [-0.3, -0.25) is 19.3 Å². The number of rotatable bonds is 22. The molecular weight excluding hydrogens is 644 g/mol. The van der Waals surface area contributed by atoms with Gasteiger partial charge in [-0.1, -0.05) is 18.2 Å². The van der Waals surface area contributed by atoms with Gasteiger partial charge in [0.2, 0.25) is 11.8 Å². The number of amides is 2. The van der Waals surface area contributed by atoms with E-state index in [-0.39, 0.29) is 85.2 Å². The van der Waals surface area contributed by atoms with Crippen LogP contribution in [0.4, 0.5) is 0 Å². The number of ketones is 1. The monoisotopic (exact) mass is 694 g/mol. The molecule has 3 aromatic rings. The number of imide groups is 1. The maximum Gasteiger partial charge on any atom is 0.230 e. The second-order valence-electron chi connectivity index (χ2n) is 12.2. The second-order valence-corrected chi connectivity index (χ2v) is 12.2. The average Bonchev–Trinajstić information content (AvgIpc) is 3.09. The average molecular weight is 695 g/mol. The zero-order chi connectivity index (χ0) is 36.5. The predicted molar refractivity (Wildman–Crippen MR) is 188 cm³/mol. The lowest BCUT2D eigenvalue weighted by molar-refractivity contribution is -0.152. The fourth-order valence-electron chi connectivity index (χ4n) is 5.49. The van der Waals surface area contributed by atoms with Crippen molar-refractivity contribution >= 4 is 17.6 Å². The first kappa shape index (κ1) is 39.6. The molecule has 0 spiro atoms. The van der Waals surface area contributed by atoms with Gasteiger partial charge in [0.1, 0.15) is 0 Å². The Bertz CT molecular complexity index is 1500. The molecule has 0 aliphatic carbocycles. The normalized spacial score (nSPS) is 11.7. The van der Waals surface area contributed by atoms with Crippen molar-refractivity contribution in [3.63, 3.8) is 0 Å². The van der Waals surface area contributed by atoms with Crippen molar-refractivity contribution in [1.82, 2.24) is 15.5 Å². The van der Waals surface area contributed by atoms with Gasteiger partial charge in [-0.25, -0.2) is 0 Å². The van der Waals surface area contributed by atoms with E-state index >= 15 is 0 Å². The molecule has 0 heterocycles. The molecule has 10 N–H and O–H groups in total. The van der Waals surface area contributed by atoms with Gasteiger partial charge < -0.3 is 47.0 Å². The molecule has 0 aliphatic heterocycles. The number of benzene rings is 3. The molecule has 3 rings (SSSR count). The summed E-state index contributed by atoms with van der Waals surface area (Å²) in [6, 6.07) is 11.5. The fourth-order valence-corrected chi connectivity index (χ4v) is 5.49. The number of hydrogen-bond acceptors (Lipinski definition) is 12. The molecule has 272 valence electrons. The molecular formula is C37H50N4O9. The molecule has 1 unspecified atom stereocenters. The summed E-state index contributed by atoms with van der Waals surface area (Å²) in [5, 5.41) is 65.5. The number of nitrogens with two attached hydrogens (primary N) is 1. The number of carbonyl (C=O) groups is 3. The van der Waals surface area contributed by atoms with Crippen LogP contribution in [0.1, 0.15) is 61.6 Å². The summed E-state index contributed by atoms with van der Waals surface area (Å²) in [4.78, 5) is 42.7. The van der Waals surface area contributed by atoms with Gasteiger partial charge in [-0.15, -0.1) is 0 Å². The van der Waals surface area contributed by atoms with Gasteiger partial charge in [0.15, 0.2) is 40.3 Å². The maximum atomic E-state index is 13.9. The summed E-state index contributed by atoms with van der Waals surface area (Å²) in [5.41, 5.74) is 7.22. The highest BCUT2D eigenvalue weighted by atomic mass is 16.3. The highest BCUT2D eigenvalue weighted by Gasteiger charge is 2.33. The molecule has 0 saturated carbocycles. The van der Waals surface area contributed by atoms with Crippen LogP contribution in [0.25, 0.3) is 0 Å². The minimum Gasteiger partial charge on any atom is -0.504 e. The largest absolute Gasteiger partial charge is 0.504 e. The number of Topliss-reactive ketones (excluding diaryl/α,β-unsaturated/α-hetero) is 1. The van der Waals surface area contributed by atoms with E-state index in [9.17, 15) is 45.0 Å². The van der Waals surface area contributed by atoms with Crippen LogP contribution in [0.15, 0.2) is 54.6 Å². The van der Waals surface area contributed by atoms with Gasteiger partial charge in [-0.2, -0.15) is 0 Å². The van der Waals surface area contributed by atoms with E-state index in [1.165, 1.54) is 36.4 Å². The van der Waals surface area contributed by atoms with E-state index in [2.05, 4.69) is 10.6 Å². The van der Waals surface area contributed by atoms with E-state index in [1.807, 2.05) is 0 Å². The Morgan fingerprint density at radius 2 is 0.960 bits per heavy atom. The zero-order valence-electron chi connectivity index (χ0n) is 28.3. The molecule has 13 heteroatoms. The molecule has 2 amide bonds. The molecule has 0 bridgehead atoms. The number of phenols is 6. The molecule has 0 radical (unpaired) electrons.